The Morgan fingerprint density at radius 2 is 1.92 bits per heavy atom. The number of hydrogen-bond donors (Lipinski definition) is 0. The van der Waals surface area contributed by atoms with Gasteiger partial charge < -0.3 is 8.80 Å². The van der Waals surface area contributed by atoms with E-state index in [0.717, 1.165) is 29.1 Å². The summed E-state index contributed by atoms with van der Waals surface area (Å²) in [4.78, 5) is 4.63. The van der Waals surface area contributed by atoms with Crippen molar-refractivity contribution in [3.05, 3.63) is 77.2 Å². The van der Waals surface area contributed by atoms with Crippen LogP contribution in [0.4, 0.5) is 4.39 Å². The Morgan fingerprint density at radius 1 is 1.04 bits per heavy atom. The normalized spacial score (nSPS) is 20.6. The Hall–Kier alpha value is -2.33. The summed E-state index contributed by atoms with van der Waals surface area (Å²) in [5.74, 6) is 0.568. The van der Waals surface area contributed by atoms with Gasteiger partial charge in [-0.3, -0.25) is 0 Å². The first-order valence-corrected chi connectivity index (χ1v) is 8.47. The molecule has 0 radical (unpaired) electrons. The Morgan fingerprint density at radius 3 is 2.71 bits per heavy atom. The van der Waals surface area contributed by atoms with Gasteiger partial charge in [0.05, 0.1) is 16.2 Å². The van der Waals surface area contributed by atoms with Gasteiger partial charge in [0, 0.05) is 36.8 Å². The maximum atomic E-state index is 13.4. The minimum absolute atomic E-state index is 0.252. The van der Waals surface area contributed by atoms with Crippen molar-refractivity contribution < 1.29 is 4.39 Å². The van der Waals surface area contributed by atoms with Gasteiger partial charge in [0.2, 0.25) is 0 Å². The lowest BCUT2D eigenvalue weighted by Gasteiger charge is -2.35. The number of nitrogens with zero attached hydrogens (tertiary/aromatic N) is 3. The third kappa shape index (κ3) is 2.06. The van der Waals surface area contributed by atoms with Crippen LogP contribution in [0.2, 0.25) is 5.02 Å². The van der Waals surface area contributed by atoms with E-state index in [1.807, 2.05) is 28.9 Å². The molecule has 4 aromatic heterocycles. The van der Waals surface area contributed by atoms with E-state index >= 15 is 0 Å². The number of pyridine rings is 2. The van der Waals surface area contributed by atoms with E-state index in [-0.39, 0.29) is 5.82 Å². The summed E-state index contributed by atoms with van der Waals surface area (Å²) in [7, 11) is 0. The van der Waals surface area contributed by atoms with Gasteiger partial charge in [0.1, 0.15) is 11.5 Å². The minimum Gasteiger partial charge on any atom is -0.322 e. The molecule has 5 heteroatoms. The van der Waals surface area contributed by atoms with Gasteiger partial charge in [-0.1, -0.05) is 11.6 Å². The molecule has 2 atom stereocenters. The first-order valence-electron chi connectivity index (χ1n) is 8.09. The largest absolute Gasteiger partial charge is 0.322 e. The monoisotopic (exact) mass is 339 g/mol. The molecule has 0 spiro atoms. The molecule has 4 aromatic rings. The van der Waals surface area contributed by atoms with Gasteiger partial charge in [-0.2, -0.15) is 0 Å². The molecular weight excluding hydrogens is 325 g/mol. The molecule has 0 aliphatic heterocycles. The molecule has 0 N–H and O–H groups in total. The van der Waals surface area contributed by atoms with Crippen LogP contribution < -0.4 is 0 Å². The zero-order valence-corrected chi connectivity index (χ0v) is 13.6. The fraction of sp³-hybridized carbons (Fsp3) is 0.211. The van der Waals surface area contributed by atoms with Crippen molar-refractivity contribution in [2.75, 3.05) is 0 Å². The van der Waals surface area contributed by atoms with E-state index in [0.29, 0.717) is 17.5 Å². The fourth-order valence-electron chi connectivity index (χ4n) is 3.73. The van der Waals surface area contributed by atoms with E-state index in [1.54, 1.807) is 6.20 Å². The molecule has 1 fully saturated rings. The van der Waals surface area contributed by atoms with Gasteiger partial charge in [-0.05, 0) is 48.6 Å². The van der Waals surface area contributed by atoms with Crippen LogP contribution in [0.5, 0.6) is 0 Å². The zero-order chi connectivity index (χ0) is 16.3. The maximum absolute atomic E-state index is 13.4. The van der Waals surface area contributed by atoms with Gasteiger partial charge in [0.25, 0.3) is 0 Å². The second kappa shape index (κ2) is 5.08. The quantitative estimate of drug-likeness (QED) is 0.501. The topological polar surface area (TPSA) is 21.7 Å². The van der Waals surface area contributed by atoms with Gasteiger partial charge >= 0.3 is 0 Å². The highest BCUT2D eigenvalue weighted by Gasteiger charge is 2.35. The highest BCUT2D eigenvalue weighted by molar-refractivity contribution is 6.33. The average Bonchev–Trinajstić information content (AvgIpc) is 3.10. The molecule has 120 valence electrons. The lowest BCUT2D eigenvalue weighted by Crippen LogP contribution is -2.21. The maximum Gasteiger partial charge on any atom is 0.139 e. The smallest absolute Gasteiger partial charge is 0.139 e. The average molecular weight is 340 g/mol. The lowest BCUT2D eigenvalue weighted by atomic mass is 9.69. The third-order valence-electron chi connectivity index (χ3n) is 5.13. The van der Waals surface area contributed by atoms with Crippen molar-refractivity contribution in [2.24, 2.45) is 0 Å². The summed E-state index contributed by atoms with van der Waals surface area (Å²) in [6.07, 6.45) is 10.2. The summed E-state index contributed by atoms with van der Waals surface area (Å²) < 4.78 is 17.3. The molecule has 4 heterocycles. The molecular formula is C19H15ClFN3. The summed E-state index contributed by atoms with van der Waals surface area (Å²) in [6.45, 7) is 0. The van der Waals surface area contributed by atoms with Crippen molar-refractivity contribution in [3.63, 3.8) is 0 Å². The predicted octanol–water partition coefficient (Wildman–Crippen LogP) is 5.04. The van der Waals surface area contributed by atoms with Crippen molar-refractivity contribution in [3.8, 4) is 0 Å². The van der Waals surface area contributed by atoms with Gasteiger partial charge in [-0.15, -0.1) is 0 Å². The SMILES string of the molecule is Fc1ccn2cc(C3CCC3c3cc4c(Cl)cccn4c3)nc2c1. The lowest BCUT2D eigenvalue weighted by molar-refractivity contribution is 0.341. The van der Waals surface area contributed by atoms with Crippen molar-refractivity contribution in [1.29, 1.82) is 0 Å². The number of aromatic nitrogens is 3. The number of imidazole rings is 1. The molecule has 2 unspecified atom stereocenters. The minimum atomic E-state index is -0.252. The Kier molecular flexibility index (Phi) is 2.98. The van der Waals surface area contributed by atoms with Crippen LogP contribution in [0.3, 0.4) is 0 Å². The summed E-state index contributed by atoms with van der Waals surface area (Å²) in [5, 5.41) is 0.767. The van der Waals surface area contributed by atoms with Crippen molar-refractivity contribution in [1.82, 2.24) is 13.8 Å². The molecule has 1 saturated carbocycles. The Balaban J connectivity index is 1.53. The van der Waals surface area contributed by atoms with E-state index in [1.165, 1.54) is 17.7 Å². The first kappa shape index (κ1) is 14.1. The van der Waals surface area contributed by atoms with E-state index < -0.39 is 0 Å². The van der Waals surface area contributed by atoms with Gasteiger partial charge in [-0.25, -0.2) is 9.37 Å². The first-order chi connectivity index (χ1) is 11.7. The number of halogens is 2. The Bertz CT molecular complexity index is 1070. The van der Waals surface area contributed by atoms with E-state index in [2.05, 4.69) is 21.6 Å². The molecule has 1 aliphatic carbocycles. The fourth-order valence-corrected chi connectivity index (χ4v) is 3.96. The highest BCUT2D eigenvalue weighted by atomic mass is 35.5. The zero-order valence-electron chi connectivity index (χ0n) is 12.9. The standard InChI is InChI=1S/C19H15ClFN3/c20-16-2-1-6-23-10-12(8-18(16)23)14-3-4-15(14)17-11-24-7-5-13(21)9-19(24)22-17/h1-2,5-11,14-15H,3-4H2. The molecule has 3 nitrogen and oxygen atoms in total. The third-order valence-corrected chi connectivity index (χ3v) is 5.45. The molecule has 0 amide bonds. The van der Waals surface area contributed by atoms with Crippen LogP contribution in [-0.4, -0.2) is 13.8 Å². The summed E-state index contributed by atoms with van der Waals surface area (Å²) in [5.41, 5.74) is 4.04. The second-order valence-electron chi connectivity index (χ2n) is 6.49. The number of rotatable bonds is 2. The summed E-state index contributed by atoms with van der Waals surface area (Å²) in [6, 6.07) is 8.97. The molecule has 0 bridgehead atoms. The molecule has 5 rings (SSSR count). The van der Waals surface area contributed by atoms with Crippen LogP contribution >= 0.6 is 11.6 Å². The van der Waals surface area contributed by atoms with Crippen LogP contribution in [0, 0.1) is 5.82 Å². The molecule has 0 aromatic carbocycles. The molecule has 0 saturated heterocycles. The second-order valence-corrected chi connectivity index (χ2v) is 6.90. The highest BCUT2D eigenvalue weighted by Crippen LogP contribution is 2.49. The van der Waals surface area contributed by atoms with Crippen molar-refractivity contribution >= 4 is 22.8 Å². The van der Waals surface area contributed by atoms with Crippen molar-refractivity contribution in [2.45, 2.75) is 24.7 Å². The van der Waals surface area contributed by atoms with Gasteiger partial charge in [0.15, 0.2) is 0 Å². The van der Waals surface area contributed by atoms with Crippen LogP contribution in [-0.2, 0) is 0 Å². The van der Waals surface area contributed by atoms with Crippen LogP contribution in [0.15, 0.2) is 55.1 Å². The van der Waals surface area contributed by atoms with E-state index in [4.69, 9.17) is 11.6 Å². The predicted molar refractivity (Wildman–Crippen MR) is 92.3 cm³/mol. The Labute approximate surface area is 143 Å². The molecule has 24 heavy (non-hydrogen) atoms. The molecule has 1 aliphatic rings. The number of fused-ring (bicyclic) bond motifs is 2. The summed E-state index contributed by atoms with van der Waals surface area (Å²) >= 11 is 6.29. The number of hydrogen-bond acceptors (Lipinski definition) is 1. The van der Waals surface area contributed by atoms with E-state index in [9.17, 15) is 4.39 Å². The van der Waals surface area contributed by atoms with Crippen LogP contribution in [0.1, 0.15) is 35.9 Å². The van der Waals surface area contributed by atoms with Crippen LogP contribution in [0.25, 0.3) is 11.2 Å².